The summed E-state index contributed by atoms with van der Waals surface area (Å²) in [6.45, 7) is 0.554. The van der Waals surface area contributed by atoms with E-state index in [0.717, 1.165) is 0 Å². The molecule has 2 fully saturated rings. The second-order valence-electron chi connectivity index (χ2n) is 6.42. The number of nitrogens with zero attached hydrogens (tertiary/aromatic N) is 2. The molecule has 0 unspecified atom stereocenters. The van der Waals surface area contributed by atoms with E-state index in [1.807, 2.05) is 4.57 Å². The molecular weight excluding hydrogens is 356 g/mol. The van der Waals surface area contributed by atoms with E-state index in [1.165, 1.54) is 14.2 Å². The Labute approximate surface area is 155 Å². The number of carboxylic acid groups (broad SMARTS) is 1. The van der Waals surface area contributed by atoms with E-state index >= 15 is 0 Å². The molecule has 0 aliphatic carbocycles. The van der Waals surface area contributed by atoms with E-state index in [0.29, 0.717) is 23.7 Å². The maximum absolute atomic E-state index is 12.0. The molecule has 4 rings (SSSR count). The fraction of sp³-hybridized carbons (Fsp3) is 0.444. The van der Waals surface area contributed by atoms with Gasteiger partial charge in [-0.2, -0.15) is 0 Å². The first-order valence-corrected chi connectivity index (χ1v) is 8.49. The summed E-state index contributed by atoms with van der Waals surface area (Å²) in [7, 11) is 2.84. The lowest BCUT2D eigenvalue weighted by molar-refractivity contribution is 0.0172. The van der Waals surface area contributed by atoms with Crippen LogP contribution in [0.2, 0.25) is 0 Å². The van der Waals surface area contributed by atoms with Gasteiger partial charge in [0.25, 0.3) is 0 Å². The van der Waals surface area contributed by atoms with Crippen molar-refractivity contribution < 1.29 is 34.0 Å². The summed E-state index contributed by atoms with van der Waals surface area (Å²) in [5.41, 5.74) is 0.360. The number of carboxylic acids is 1. The third-order valence-corrected chi connectivity index (χ3v) is 5.03. The van der Waals surface area contributed by atoms with Crippen molar-refractivity contribution in [2.75, 3.05) is 27.4 Å². The fourth-order valence-corrected chi connectivity index (χ4v) is 3.81. The molecule has 27 heavy (non-hydrogen) atoms. The highest BCUT2D eigenvalue weighted by atomic mass is 16.6. The van der Waals surface area contributed by atoms with Crippen LogP contribution in [0.15, 0.2) is 24.5 Å². The number of benzene rings is 1. The van der Waals surface area contributed by atoms with Gasteiger partial charge >= 0.3 is 5.97 Å². The van der Waals surface area contributed by atoms with E-state index in [4.69, 9.17) is 18.9 Å². The monoisotopic (exact) mass is 376 g/mol. The maximum atomic E-state index is 12.0. The zero-order valence-corrected chi connectivity index (χ0v) is 14.9. The summed E-state index contributed by atoms with van der Waals surface area (Å²) in [6, 6.07) is 3.06. The first-order valence-electron chi connectivity index (χ1n) is 8.49. The second-order valence-corrected chi connectivity index (χ2v) is 6.42. The summed E-state index contributed by atoms with van der Waals surface area (Å²) >= 11 is 0. The highest BCUT2D eigenvalue weighted by Crippen LogP contribution is 2.40. The van der Waals surface area contributed by atoms with Crippen molar-refractivity contribution in [1.82, 2.24) is 9.55 Å². The molecule has 2 saturated heterocycles. The average molecular weight is 376 g/mol. The average Bonchev–Trinajstić information content (AvgIpc) is 3.37. The topological polar surface area (TPSA) is 112 Å². The maximum Gasteiger partial charge on any atom is 0.340 e. The van der Waals surface area contributed by atoms with Crippen LogP contribution in [-0.4, -0.2) is 71.5 Å². The molecule has 9 heteroatoms. The zero-order valence-electron chi connectivity index (χ0n) is 14.9. The third kappa shape index (κ3) is 2.75. The number of fused-ring (bicyclic) bond motifs is 1. The predicted molar refractivity (Wildman–Crippen MR) is 92.3 cm³/mol. The van der Waals surface area contributed by atoms with Gasteiger partial charge in [-0.15, -0.1) is 0 Å². The van der Waals surface area contributed by atoms with Crippen molar-refractivity contribution in [2.24, 2.45) is 0 Å². The molecule has 1 aromatic carbocycles. The molecule has 0 amide bonds. The van der Waals surface area contributed by atoms with Crippen LogP contribution in [0.4, 0.5) is 0 Å². The van der Waals surface area contributed by atoms with Crippen molar-refractivity contribution in [3.63, 3.8) is 0 Å². The van der Waals surface area contributed by atoms with E-state index in [1.54, 1.807) is 24.5 Å². The number of ether oxygens (including phenoxy) is 4. The molecule has 3 heterocycles. The minimum absolute atomic E-state index is 0.0351. The van der Waals surface area contributed by atoms with E-state index in [2.05, 4.69) is 4.98 Å². The van der Waals surface area contributed by atoms with E-state index in [-0.39, 0.29) is 30.1 Å². The van der Waals surface area contributed by atoms with Crippen molar-refractivity contribution >= 4 is 5.97 Å². The number of imidazole rings is 1. The number of hydrogen-bond acceptors (Lipinski definition) is 7. The molecule has 4 atom stereocenters. The predicted octanol–water partition coefficient (Wildman–Crippen LogP) is 0.965. The number of aromatic nitrogens is 2. The van der Waals surface area contributed by atoms with Crippen molar-refractivity contribution in [3.05, 3.63) is 30.1 Å². The lowest BCUT2D eigenvalue weighted by Crippen LogP contribution is -2.30. The van der Waals surface area contributed by atoms with Gasteiger partial charge in [-0.25, -0.2) is 9.78 Å². The van der Waals surface area contributed by atoms with Crippen LogP contribution in [0, 0.1) is 0 Å². The minimum atomic E-state index is -1.15. The molecule has 2 N–H and O–H groups in total. The minimum Gasteiger partial charge on any atom is -0.493 e. The Kier molecular flexibility index (Phi) is 4.50. The highest BCUT2D eigenvalue weighted by molar-refractivity contribution is 5.99. The summed E-state index contributed by atoms with van der Waals surface area (Å²) in [4.78, 5) is 16.3. The van der Waals surface area contributed by atoms with Gasteiger partial charge in [0.2, 0.25) is 0 Å². The van der Waals surface area contributed by atoms with Crippen molar-refractivity contribution in [3.8, 4) is 22.9 Å². The van der Waals surface area contributed by atoms with E-state index in [9.17, 15) is 15.0 Å². The molecule has 2 aliphatic heterocycles. The Morgan fingerprint density at radius 1 is 1.22 bits per heavy atom. The molecule has 9 nitrogen and oxygen atoms in total. The number of methoxy groups -OCH3 is 2. The summed E-state index contributed by atoms with van der Waals surface area (Å²) in [5, 5.41) is 19.7. The number of aliphatic hydroxyl groups excluding tert-OH is 1. The molecule has 2 aromatic rings. The van der Waals surface area contributed by atoms with Gasteiger partial charge in [-0.3, -0.25) is 0 Å². The van der Waals surface area contributed by atoms with Crippen LogP contribution in [0.5, 0.6) is 11.5 Å². The SMILES string of the molecule is COc1ccc(-c2nccn2[C@H]2CO[C@H]3[C@@H]2OC[C@H]3O)c(C(=O)O)c1OC. The molecule has 1 aromatic heterocycles. The number of carbonyl (C=O) groups is 1. The van der Waals surface area contributed by atoms with Gasteiger partial charge in [0, 0.05) is 18.0 Å². The van der Waals surface area contributed by atoms with Gasteiger partial charge < -0.3 is 33.7 Å². The molecule has 0 spiro atoms. The van der Waals surface area contributed by atoms with Crippen molar-refractivity contribution in [1.29, 1.82) is 0 Å². The van der Waals surface area contributed by atoms with Crippen LogP contribution in [-0.2, 0) is 9.47 Å². The van der Waals surface area contributed by atoms with Crippen LogP contribution < -0.4 is 9.47 Å². The van der Waals surface area contributed by atoms with Gasteiger partial charge in [0.15, 0.2) is 11.5 Å². The summed E-state index contributed by atoms with van der Waals surface area (Å²) in [6.07, 6.45) is 1.97. The van der Waals surface area contributed by atoms with Crippen molar-refractivity contribution in [2.45, 2.75) is 24.4 Å². The van der Waals surface area contributed by atoms with Gasteiger partial charge in [-0.1, -0.05) is 0 Å². The Morgan fingerprint density at radius 2 is 2.00 bits per heavy atom. The van der Waals surface area contributed by atoms with Crippen LogP contribution in [0.25, 0.3) is 11.4 Å². The largest absolute Gasteiger partial charge is 0.493 e. The summed E-state index contributed by atoms with van der Waals surface area (Å²) < 4.78 is 23.7. The number of rotatable bonds is 5. The fourth-order valence-electron chi connectivity index (χ4n) is 3.81. The lowest BCUT2D eigenvalue weighted by Gasteiger charge is -2.21. The van der Waals surface area contributed by atoms with Gasteiger partial charge in [0.1, 0.15) is 29.7 Å². The smallest absolute Gasteiger partial charge is 0.340 e. The lowest BCUT2D eigenvalue weighted by atomic mass is 10.0. The Bertz CT molecular complexity index is 865. The Hall–Kier alpha value is -2.62. The van der Waals surface area contributed by atoms with Gasteiger partial charge in [-0.05, 0) is 12.1 Å². The van der Waals surface area contributed by atoms with Gasteiger partial charge in [0.05, 0.1) is 33.5 Å². The first-order chi connectivity index (χ1) is 13.1. The number of hydrogen-bond donors (Lipinski definition) is 2. The molecule has 0 saturated carbocycles. The first kappa shape index (κ1) is 17.8. The Morgan fingerprint density at radius 3 is 2.70 bits per heavy atom. The normalized spacial score (nSPS) is 26.8. The second kappa shape index (κ2) is 6.84. The quantitative estimate of drug-likeness (QED) is 0.794. The zero-order chi connectivity index (χ0) is 19.1. The standard InChI is InChI=1S/C18H20N2O7/c1-24-12-4-3-9(13(18(22)23)16(12)25-2)17-19-5-6-20(17)10-7-26-15-11(21)8-27-14(10)15/h3-6,10-11,14-15,21H,7-8H2,1-2H3,(H,22,23)/t10-,11+,14+,15+/m0/s1. The molecule has 0 bridgehead atoms. The molecule has 144 valence electrons. The Balaban J connectivity index is 1.81. The van der Waals surface area contributed by atoms with Crippen LogP contribution >= 0.6 is 0 Å². The number of aliphatic hydroxyl groups is 1. The number of aromatic carboxylic acids is 1. The van der Waals surface area contributed by atoms with E-state index < -0.39 is 18.2 Å². The molecular formula is C18H20N2O7. The molecule has 0 radical (unpaired) electrons. The van der Waals surface area contributed by atoms with Crippen LogP contribution in [0.3, 0.4) is 0 Å². The molecule has 2 aliphatic rings. The highest BCUT2D eigenvalue weighted by Gasteiger charge is 2.48. The van der Waals surface area contributed by atoms with Crippen LogP contribution in [0.1, 0.15) is 16.4 Å². The summed E-state index contributed by atoms with van der Waals surface area (Å²) in [5.74, 6) is -0.246. The third-order valence-electron chi connectivity index (χ3n) is 5.03.